The molecule has 0 amide bonds. The van der Waals surface area contributed by atoms with Crippen LogP contribution in [-0.2, 0) is 4.74 Å². The molecule has 0 aromatic heterocycles. The summed E-state index contributed by atoms with van der Waals surface area (Å²) in [6.07, 6.45) is 27.9. The Morgan fingerprint density at radius 2 is 0.881 bits per heavy atom. The van der Waals surface area contributed by atoms with Gasteiger partial charge in [0.2, 0.25) is 0 Å². The van der Waals surface area contributed by atoms with Crippen molar-refractivity contribution in [2.75, 3.05) is 53.8 Å². The second-order valence-corrected chi connectivity index (χ2v) is 17.4. The fourth-order valence-corrected chi connectivity index (χ4v) is 9.44. The van der Waals surface area contributed by atoms with Crippen LogP contribution in [0.5, 0.6) is 0 Å². The van der Waals surface area contributed by atoms with Crippen LogP contribution in [-0.4, -0.2) is 76.2 Å². The van der Waals surface area contributed by atoms with Crippen molar-refractivity contribution in [2.45, 2.75) is 167 Å². The summed E-state index contributed by atoms with van der Waals surface area (Å²) in [5.41, 5.74) is 0. The first-order chi connectivity index (χ1) is 20.6. The zero-order chi connectivity index (χ0) is 30.8. The average molecular weight is 668 g/mol. The van der Waals surface area contributed by atoms with Gasteiger partial charge in [-0.2, -0.15) is 47.0 Å². The number of nitrogens with zero attached hydrogens (tertiary/aromatic N) is 1. The molecule has 0 saturated carbocycles. The molecule has 0 aromatic rings. The van der Waals surface area contributed by atoms with Crippen LogP contribution in [0.25, 0.3) is 0 Å². The highest BCUT2D eigenvalue weighted by molar-refractivity contribution is 8.16. The van der Waals surface area contributed by atoms with Gasteiger partial charge in [-0.3, -0.25) is 0 Å². The first-order valence-electron chi connectivity index (χ1n) is 17.9. The van der Waals surface area contributed by atoms with Crippen molar-refractivity contribution in [2.24, 2.45) is 0 Å². The van der Waals surface area contributed by atoms with E-state index in [2.05, 4.69) is 79.9 Å². The van der Waals surface area contributed by atoms with Crippen LogP contribution >= 0.6 is 47.0 Å². The number of hydrogen-bond acceptors (Lipinski definition) is 7. The largest absolute Gasteiger partial charge is 0.368 e. The third-order valence-corrected chi connectivity index (χ3v) is 12.6. The predicted octanol–water partition coefficient (Wildman–Crippen LogP) is 11.7. The Hall–Kier alpha value is 1.28. The van der Waals surface area contributed by atoms with Crippen molar-refractivity contribution in [3.05, 3.63) is 0 Å². The van der Waals surface area contributed by atoms with Gasteiger partial charge in [-0.05, 0) is 95.0 Å². The summed E-state index contributed by atoms with van der Waals surface area (Å²) in [5.74, 6) is 5.35. The predicted molar refractivity (Wildman–Crippen MR) is 202 cm³/mol. The van der Waals surface area contributed by atoms with E-state index in [-0.39, 0.29) is 6.10 Å². The quantitative estimate of drug-likeness (QED) is 0.0526. The standard InChI is InChI=1S/C35H73NO2S4/c1-5-7-19-28-39-32-41-30-21-15-11-9-13-17-24-34(38-35(37)26-23-27-36(3)4)25-18-14-10-12-16-22-31-42-33-40-29-20-8-6-2/h34-35,37H,5-33H2,1-4H3. The van der Waals surface area contributed by atoms with E-state index in [4.69, 9.17) is 4.74 Å². The highest BCUT2D eigenvalue weighted by Gasteiger charge is 2.14. The van der Waals surface area contributed by atoms with Crippen molar-refractivity contribution in [1.29, 1.82) is 0 Å². The lowest BCUT2D eigenvalue weighted by atomic mass is 10.0. The van der Waals surface area contributed by atoms with Gasteiger partial charge in [0.25, 0.3) is 0 Å². The van der Waals surface area contributed by atoms with E-state index in [1.807, 2.05) is 0 Å². The lowest BCUT2D eigenvalue weighted by molar-refractivity contribution is -0.144. The Morgan fingerprint density at radius 3 is 1.29 bits per heavy atom. The minimum atomic E-state index is -0.598. The normalized spacial score (nSPS) is 12.6. The van der Waals surface area contributed by atoms with Gasteiger partial charge in [0.05, 0.1) is 6.10 Å². The molecule has 0 aromatic carbocycles. The summed E-state index contributed by atoms with van der Waals surface area (Å²) in [6.45, 7) is 5.58. The summed E-state index contributed by atoms with van der Waals surface area (Å²) in [5, 5.41) is 13.1. The van der Waals surface area contributed by atoms with Gasteiger partial charge in [-0.15, -0.1) is 0 Å². The fourth-order valence-electron chi connectivity index (χ4n) is 4.98. The van der Waals surface area contributed by atoms with Crippen LogP contribution in [0.4, 0.5) is 0 Å². The Kier molecular flexibility index (Phi) is 37.9. The average Bonchev–Trinajstić information content (AvgIpc) is 2.97. The molecule has 0 bridgehead atoms. The van der Waals surface area contributed by atoms with Crippen molar-refractivity contribution < 1.29 is 9.84 Å². The molecule has 0 rings (SSSR count). The topological polar surface area (TPSA) is 32.7 Å². The molecule has 0 heterocycles. The van der Waals surface area contributed by atoms with Crippen molar-refractivity contribution in [3.63, 3.8) is 0 Å². The fraction of sp³-hybridized carbons (Fsp3) is 1.00. The molecule has 0 spiro atoms. The summed E-state index contributed by atoms with van der Waals surface area (Å²) < 4.78 is 6.19. The molecule has 0 aliphatic carbocycles. The van der Waals surface area contributed by atoms with Crippen LogP contribution < -0.4 is 0 Å². The first-order valence-corrected chi connectivity index (χ1v) is 22.5. The maximum absolute atomic E-state index is 10.5. The van der Waals surface area contributed by atoms with Crippen molar-refractivity contribution in [3.8, 4) is 0 Å². The van der Waals surface area contributed by atoms with E-state index in [1.54, 1.807) is 0 Å². The highest BCUT2D eigenvalue weighted by atomic mass is 32.2. The van der Waals surface area contributed by atoms with E-state index in [0.29, 0.717) is 0 Å². The molecule has 0 fully saturated rings. The van der Waals surface area contributed by atoms with E-state index >= 15 is 0 Å². The second kappa shape index (κ2) is 36.7. The molecule has 3 nitrogen and oxygen atoms in total. The molecule has 7 heteroatoms. The number of aliphatic hydroxyl groups excluding tert-OH is 1. The molecule has 42 heavy (non-hydrogen) atoms. The molecule has 0 aliphatic heterocycles. The molecular formula is C35H73NO2S4. The van der Waals surface area contributed by atoms with Gasteiger partial charge in [0, 0.05) is 10.2 Å². The molecule has 0 radical (unpaired) electrons. The number of ether oxygens (including phenoxy) is 1. The number of thioether (sulfide) groups is 4. The maximum atomic E-state index is 10.5. The molecule has 1 unspecified atom stereocenters. The van der Waals surface area contributed by atoms with Gasteiger partial charge >= 0.3 is 0 Å². The monoisotopic (exact) mass is 667 g/mol. The molecular weight excluding hydrogens is 595 g/mol. The number of hydrogen-bond donors (Lipinski definition) is 1. The third-order valence-electron chi connectivity index (χ3n) is 7.65. The van der Waals surface area contributed by atoms with E-state index in [1.165, 1.54) is 149 Å². The minimum Gasteiger partial charge on any atom is -0.368 e. The van der Waals surface area contributed by atoms with Crippen molar-refractivity contribution >= 4 is 47.0 Å². The summed E-state index contributed by atoms with van der Waals surface area (Å²) in [4.78, 5) is 2.18. The van der Waals surface area contributed by atoms with E-state index < -0.39 is 6.29 Å². The first kappa shape index (κ1) is 43.3. The number of rotatable bonds is 36. The van der Waals surface area contributed by atoms with E-state index in [0.717, 1.165) is 32.2 Å². The summed E-state index contributed by atoms with van der Waals surface area (Å²) in [6, 6.07) is 0. The molecule has 0 aliphatic rings. The minimum absolute atomic E-state index is 0.233. The zero-order valence-corrected chi connectivity index (χ0v) is 31.9. The molecule has 1 atom stereocenters. The maximum Gasteiger partial charge on any atom is 0.154 e. The lowest BCUT2D eigenvalue weighted by Gasteiger charge is -2.22. The van der Waals surface area contributed by atoms with Crippen molar-refractivity contribution in [1.82, 2.24) is 4.90 Å². The Balaban J connectivity index is 3.89. The number of aliphatic hydroxyl groups is 1. The van der Waals surface area contributed by atoms with Crippen LogP contribution in [0, 0.1) is 0 Å². The molecule has 254 valence electrons. The highest BCUT2D eigenvalue weighted by Crippen LogP contribution is 2.21. The molecule has 1 N–H and O–H groups in total. The SMILES string of the molecule is CCCCCSCSCCCCCCCCC(CCCCCCCCSCSCCCCC)OC(O)CCCN(C)C. The van der Waals surface area contributed by atoms with Gasteiger partial charge in [-0.25, -0.2) is 0 Å². The van der Waals surface area contributed by atoms with E-state index in [9.17, 15) is 5.11 Å². The Labute approximate surface area is 281 Å². The zero-order valence-electron chi connectivity index (χ0n) is 28.6. The van der Waals surface area contributed by atoms with Gasteiger partial charge in [0.15, 0.2) is 6.29 Å². The summed E-state index contributed by atoms with van der Waals surface area (Å²) in [7, 11) is 4.19. The molecule has 0 saturated heterocycles. The number of unbranched alkanes of at least 4 members (excludes halogenated alkanes) is 14. The summed E-state index contributed by atoms with van der Waals surface area (Å²) >= 11 is 8.52. The van der Waals surface area contributed by atoms with Crippen LogP contribution in [0.1, 0.15) is 155 Å². The Bertz CT molecular complexity index is 470. The van der Waals surface area contributed by atoms with Crippen LogP contribution in [0.2, 0.25) is 0 Å². The van der Waals surface area contributed by atoms with Crippen LogP contribution in [0.3, 0.4) is 0 Å². The van der Waals surface area contributed by atoms with Gasteiger partial charge < -0.3 is 14.7 Å². The lowest BCUT2D eigenvalue weighted by Crippen LogP contribution is -2.23. The second-order valence-electron chi connectivity index (χ2n) is 12.3. The smallest absolute Gasteiger partial charge is 0.154 e. The Morgan fingerprint density at radius 1 is 0.500 bits per heavy atom. The van der Waals surface area contributed by atoms with Gasteiger partial charge in [0.1, 0.15) is 0 Å². The van der Waals surface area contributed by atoms with Gasteiger partial charge in [-0.1, -0.05) is 104 Å². The van der Waals surface area contributed by atoms with Crippen LogP contribution in [0.15, 0.2) is 0 Å². The third kappa shape index (κ3) is 35.8.